The molecule has 1 radical (unpaired) electrons. The fourth-order valence-electron chi connectivity index (χ4n) is 6.60. The quantitative estimate of drug-likeness (QED) is 0.166. The van der Waals surface area contributed by atoms with Crippen LogP contribution in [0.25, 0.3) is 77.5 Å². The van der Waals surface area contributed by atoms with Gasteiger partial charge in [0, 0.05) is 65.2 Å². The molecule has 5 heteroatoms. The molecule has 0 amide bonds. The molecule has 9 rings (SSSR count). The molecular weight excluding hydrogens is 793 g/mol. The molecule has 0 aliphatic carbocycles. The molecule has 0 aliphatic heterocycles. The molecule has 0 saturated carbocycles. The number of furan rings is 2. The summed E-state index contributed by atoms with van der Waals surface area (Å²) in [7, 11) is 0. The Morgan fingerprint density at radius 2 is 1.28 bits per heavy atom. The smallest absolute Gasteiger partial charge is 0.144 e. The van der Waals surface area contributed by atoms with Gasteiger partial charge in [-0.3, -0.25) is 0 Å². The minimum atomic E-state index is 0. The topological polar surface area (TPSA) is 52.1 Å². The second-order valence-corrected chi connectivity index (χ2v) is 12.8. The van der Waals surface area contributed by atoms with Crippen molar-refractivity contribution in [2.24, 2.45) is 0 Å². The maximum Gasteiger partial charge on any atom is 0.144 e. The van der Waals surface area contributed by atoms with E-state index in [0.29, 0.717) is 0 Å². The molecule has 50 heavy (non-hydrogen) atoms. The van der Waals surface area contributed by atoms with Crippen molar-refractivity contribution in [2.45, 2.75) is 33.6 Å². The first-order chi connectivity index (χ1) is 24.0. The van der Waals surface area contributed by atoms with Crippen molar-refractivity contribution >= 4 is 43.9 Å². The van der Waals surface area contributed by atoms with E-state index in [1.54, 1.807) is 0 Å². The van der Waals surface area contributed by atoms with Crippen LogP contribution >= 0.6 is 0 Å². The third-order valence-electron chi connectivity index (χ3n) is 8.95. The number of aromatic nitrogens is 2. The number of nitrogens with zero attached hydrogens (tertiary/aromatic N) is 2. The van der Waals surface area contributed by atoms with Gasteiger partial charge in [0.25, 0.3) is 0 Å². The average Bonchev–Trinajstić information content (AvgIpc) is 3.71. The Kier molecular flexibility index (Phi) is 9.20. The molecule has 0 aliphatic rings. The van der Waals surface area contributed by atoms with Crippen molar-refractivity contribution in [2.75, 3.05) is 0 Å². The van der Waals surface area contributed by atoms with E-state index in [9.17, 15) is 0 Å². The van der Waals surface area contributed by atoms with Crippen LogP contribution < -0.4 is 0 Å². The molecular formula is C45H34IrN2O2-2. The van der Waals surface area contributed by atoms with Gasteiger partial charge in [-0.15, -0.1) is 71.3 Å². The van der Waals surface area contributed by atoms with Crippen LogP contribution in [0.2, 0.25) is 0 Å². The van der Waals surface area contributed by atoms with Crippen LogP contribution in [-0.2, 0) is 20.1 Å². The first kappa shape index (κ1) is 33.2. The van der Waals surface area contributed by atoms with Gasteiger partial charge in [0.1, 0.15) is 22.3 Å². The predicted molar refractivity (Wildman–Crippen MR) is 201 cm³/mol. The van der Waals surface area contributed by atoms with Gasteiger partial charge in [0.2, 0.25) is 0 Å². The van der Waals surface area contributed by atoms with Gasteiger partial charge in [-0.25, -0.2) is 0 Å². The van der Waals surface area contributed by atoms with Gasteiger partial charge in [-0.1, -0.05) is 75.4 Å². The van der Waals surface area contributed by atoms with Gasteiger partial charge in [0.15, 0.2) is 0 Å². The van der Waals surface area contributed by atoms with Crippen LogP contribution in [0.3, 0.4) is 0 Å². The number of pyridine rings is 2. The molecule has 0 bridgehead atoms. The predicted octanol–water partition coefficient (Wildman–Crippen LogP) is 12.3. The Hall–Kier alpha value is -5.35. The van der Waals surface area contributed by atoms with E-state index in [1.807, 2.05) is 86.0 Å². The summed E-state index contributed by atoms with van der Waals surface area (Å²) in [6.07, 6.45) is 3.75. The number of para-hydroxylation sites is 2. The minimum Gasteiger partial charge on any atom is -0.456 e. The average molecular weight is 827 g/mol. The van der Waals surface area contributed by atoms with Gasteiger partial charge in [-0.2, -0.15) is 0 Å². The zero-order chi connectivity index (χ0) is 33.5. The SMILES string of the molecule is CC(C)c1c(-c2ccnc(-c3[c-]cccc3)c2)c2oc3ccccc3c2c2c1oc1ccccc12.Cc1c[c-]c(-c2ccc(C)cn2)cc1.[Ir]. The van der Waals surface area contributed by atoms with E-state index < -0.39 is 0 Å². The molecule has 0 N–H and O–H groups in total. The third-order valence-corrected chi connectivity index (χ3v) is 8.95. The second kappa shape index (κ2) is 13.9. The van der Waals surface area contributed by atoms with E-state index in [1.165, 1.54) is 11.1 Å². The summed E-state index contributed by atoms with van der Waals surface area (Å²) in [5.41, 5.74) is 13.1. The van der Waals surface area contributed by atoms with Crippen LogP contribution in [0.15, 0.2) is 136 Å². The Balaban J connectivity index is 0.000000220. The van der Waals surface area contributed by atoms with Crippen LogP contribution in [0.5, 0.6) is 0 Å². The maximum absolute atomic E-state index is 6.63. The summed E-state index contributed by atoms with van der Waals surface area (Å²) in [4.78, 5) is 8.99. The first-order valence-corrected chi connectivity index (χ1v) is 16.6. The molecule has 247 valence electrons. The summed E-state index contributed by atoms with van der Waals surface area (Å²) in [5.74, 6) is 0.213. The maximum atomic E-state index is 6.63. The largest absolute Gasteiger partial charge is 0.456 e. The molecule has 0 unspecified atom stereocenters. The molecule has 0 spiro atoms. The van der Waals surface area contributed by atoms with Crippen molar-refractivity contribution in [1.82, 2.24) is 9.97 Å². The van der Waals surface area contributed by atoms with E-state index in [4.69, 9.17) is 8.83 Å². The molecule has 4 nitrogen and oxygen atoms in total. The summed E-state index contributed by atoms with van der Waals surface area (Å²) in [5, 5.41) is 4.44. The van der Waals surface area contributed by atoms with Gasteiger partial charge < -0.3 is 18.8 Å². The monoisotopic (exact) mass is 827 g/mol. The Morgan fingerprint density at radius 3 is 1.92 bits per heavy atom. The molecule has 9 aromatic rings. The fourth-order valence-corrected chi connectivity index (χ4v) is 6.60. The summed E-state index contributed by atoms with van der Waals surface area (Å²) in [6.45, 7) is 8.53. The Bertz CT molecular complexity index is 2540. The van der Waals surface area contributed by atoms with Crippen LogP contribution in [0.1, 0.15) is 36.5 Å². The van der Waals surface area contributed by atoms with Gasteiger partial charge >= 0.3 is 0 Å². The molecule has 4 heterocycles. The summed E-state index contributed by atoms with van der Waals surface area (Å²) >= 11 is 0. The number of fused-ring (bicyclic) bond motifs is 7. The van der Waals surface area contributed by atoms with Crippen LogP contribution in [0, 0.1) is 26.0 Å². The number of hydrogen-bond acceptors (Lipinski definition) is 4. The molecule has 0 saturated heterocycles. The van der Waals surface area contributed by atoms with E-state index in [0.717, 1.165) is 83.1 Å². The third kappa shape index (κ3) is 6.04. The van der Waals surface area contributed by atoms with Crippen molar-refractivity contribution in [3.8, 4) is 33.6 Å². The van der Waals surface area contributed by atoms with Crippen molar-refractivity contribution in [3.63, 3.8) is 0 Å². The normalized spacial score (nSPS) is 11.2. The zero-order valence-electron chi connectivity index (χ0n) is 28.2. The summed E-state index contributed by atoms with van der Waals surface area (Å²) < 4.78 is 13.2. The second-order valence-electron chi connectivity index (χ2n) is 12.8. The van der Waals surface area contributed by atoms with E-state index >= 15 is 0 Å². The number of rotatable bonds is 4. The van der Waals surface area contributed by atoms with E-state index in [2.05, 4.69) is 91.4 Å². The standard InChI is InChI=1S/C32H22NO2.C13H12N.Ir/c1-19(2)27-28(21-16-17-33-24(18-21)20-10-4-3-5-11-20)32-30(23-13-7-9-15-26(23)35-32)29-22-12-6-8-14-25(22)34-31(27)29;1-10-3-6-12(7-4-10)13-8-5-11(2)9-14-13;/h3-10,12-19H,1-2H3;3-6,8-9H,1-2H3;/q2*-1;. The van der Waals surface area contributed by atoms with Gasteiger partial charge in [-0.05, 0) is 53.6 Å². The Morgan fingerprint density at radius 1 is 0.620 bits per heavy atom. The fraction of sp³-hybridized carbons (Fsp3) is 0.111. The van der Waals surface area contributed by atoms with Crippen molar-refractivity contribution in [1.29, 1.82) is 0 Å². The van der Waals surface area contributed by atoms with Crippen LogP contribution in [0.4, 0.5) is 0 Å². The zero-order valence-corrected chi connectivity index (χ0v) is 30.6. The first-order valence-electron chi connectivity index (χ1n) is 16.6. The molecule has 5 aromatic carbocycles. The summed E-state index contributed by atoms with van der Waals surface area (Å²) in [6, 6.07) is 45.4. The Labute approximate surface area is 305 Å². The molecule has 4 aromatic heterocycles. The van der Waals surface area contributed by atoms with Crippen molar-refractivity contribution in [3.05, 3.63) is 156 Å². The van der Waals surface area contributed by atoms with Crippen molar-refractivity contribution < 1.29 is 28.9 Å². The molecule has 0 fully saturated rings. The number of aryl methyl sites for hydroxylation is 2. The van der Waals surface area contributed by atoms with Gasteiger partial charge in [0.05, 0.1) is 0 Å². The van der Waals surface area contributed by atoms with E-state index in [-0.39, 0.29) is 26.0 Å². The number of benzene rings is 5. The minimum absolute atomic E-state index is 0. The number of hydrogen-bond donors (Lipinski definition) is 0. The molecule has 0 atom stereocenters. The van der Waals surface area contributed by atoms with Crippen LogP contribution in [-0.4, -0.2) is 9.97 Å².